The zero-order chi connectivity index (χ0) is 17.1. The number of hydrogen-bond donors (Lipinski definition) is 3. The first kappa shape index (κ1) is 16.6. The third-order valence-corrected chi connectivity index (χ3v) is 4.77. The quantitative estimate of drug-likeness (QED) is 0.549. The number of nitrogens with two attached hydrogens (primary N) is 2. The Balaban J connectivity index is 1.60. The highest BCUT2D eigenvalue weighted by Crippen LogP contribution is 2.41. The number of carbonyl (C=O) groups excluding carboxylic acids is 1. The number of thioether (sulfide) groups is 1. The number of carbonyl (C=O) groups is 1. The van der Waals surface area contributed by atoms with Crippen LogP contribution in [0, 0.1) is 12.8 Å². The summed E-state index contributed by atoms with van der Waals surface area (Å²) in [5, 5.41) is 3.55. The normalized spacial score (nSPS) is 15.0. The van der Waals surface area contributed by atoms with Gasteiger partial charge in [-0.3, -0.25) is 4.79 Å². The van der Waals surface area contributed by atoms with Crippen molar-refractivity contribution in [3.05, 3.63) is 41.5 Å². The first-order chi connectivity index (χ1) is 11.5. The van der Waals surface area contributed by atoms with E-state index < -0.39 is 0 Å². The third-order valence-electron chi connectivity index (χ3n) is 3.92. The second-order valence-corrected chi connectivity index (χ2v) is 7.02. The molecule has 1 heterocycles. The molecule has 1 saturated carbocycles. The molecule has 0 aliphatic heterocycles. The molecular weight excluding hydrogens is 322 g/mol. The van der Waals surface area contributed by atoms with Gasteiger partial charge >= 0.3 is 0 Å². The summed E-state index contributed by atoms with van der Waals surface area (Å²) in [6.07, 6.45) is 2.31. The molecule has 1 fully saturated rings. The van der Waals surface area contributed by atoms with Gasteiger partial charge in [0.2, 0.25) is 5.91 Å². The van der Waals surface area contributed by atoms with Crippen LogP contribution in [-0.2, 0) is 4.79 Å². The zero-order valence-corrected chi connectivity index (χ0v) is 14.3. The molecule has 1 aromatic heterocycles. The van der Waals surface area contributed by atoms with Gasteiger partial charge in [-0.05, 0) is 31.2 Å². The van der Waals surface area contributed by atoms with Crippen molar-refractivity contribution in [1.29, 1.82) is 0 Å². The summed E-state index contributed by atoms with van der Waals surface area (Å²) in [5.74, 6) is 1.34. The summed E-state index contributed by atoms with van der Waals surface area (Å²) in [7, 11) is 0. The van der Waals surface area contributed by atoms with Crippen LogP contribution in [0.5, 0.6) is 0 Å². The molecule has 0 spiro atoms. The van der Waals surface area contributed by atoms with Gasteiger partial charge in [0.1, 0.15) is 11.6 Å². The van der Waals surface area contributed by atoms with Crippen molar-refractivity contribution < 1.29 is 4.79 Å². The SMILES string of the molecule is Cc1ccc([C@@H](NC(=O)CSc2nc(N)cc(N)n2)C2CC2)cc1. The second kappa shape index (κ2) is 7.09. The van der Waals surface area contributed by atoms with E-state index in [1.165, 1.54) is 23.4 Å². The minimum atomic E-state index is -0.0397. The van der Waals surface area contributed by atoms with Crippen molar-refractivity contribution in [1.82, 2.24) is 15.3 Å². The Labute approximate surface area is 145 Å². The van der Waals surface area contributed by atoms with Crippen LogP contribution < -0.4 is 16.8 Å². The lowest BCUT2D eigenvalue weighted by Crippen LogP contribution is -2.31. The van der Waals surface area contributed by atoms with Gasteiger partial charge in [-0.15, -0.1) is 0 Å². The number of aryl methyl sites for hydroxylation is 1. The second-order valence-electron chi connectivity index (χ2n) is 6.08. The maximum atomic E-state index is 12.3. The van der Waals surface area contributed by atoms with Crippen LogP contribution >= 0.6 is 11.8 Å². The Morgan fingerprint density at radius 2 is 1.88 bits per heavy atom. The van der Waals surface area contributed by atoms with Crippen LogP contribution in [0.15, 0.2) is 35.5 Å². The van der Waals surface area contributed by atoms with Crippen molar-refractivity contribution in [2.24, 2.45) is 5.92 Å². The molecule has 0 unspecified atom stereocenters. The van der Waals surface area contributed by atoms with E-state index >= 15 is 0 Å². The molecule has 1 aliphatic rings. The van der Waals surface area contributed by atoms with Crippen LogP contribution in [0.4, 0.5) is 11.6 Å². The highest BCUT2D eigenvalue weighted by atomic mass is 32.2. The maximum Gasteiger partial charge on any atom is 0.230 e. The predicted molar refractivity (Wildman–Crippen MR) is 96.4 cm³/mol. The Morgan fingerprint density at radius 3 is 2.46 bits per heavy atom. The summed E-state index contributed by atoms with van der Waals surface area (Å²) >= 11 is 1.23. The molecule has 1 aliphatic carbocycles. The number of rotatable bonds is 6. The smallest absolute Gasteiger partial charge is 0.230 e. The topological polar surface area (TPSA) is 107 Å². The lowest BCUT2D eigenvalue weighted by Gasteiger charge is -2.19. The Morgan fingerprint density at radius 1 is 1.25 bits per heavy atom. The molecule has 0 radical (unpaired) electrons. The van der Waals surface area contributed by atoms with E-state index in [2.05, 4.69) is 46.5 Å². The van der Waals surface area contributed by atoms with Gasteiger partial charge in [0.25, 0.3) is 0 Å². The number of benzene rings is 1. The molecular formula is C17H21N5OS. The number of nitrogens with one attached hydrogen (secondary N) is 1. The molecule has 0 saturated heterocycles. The molecule has 1 atom stereocenters. The van der Waals surface area contributed by atoms with Gasteiger partial charge in [0.15, 0.2) is 5.16 Å². The zero-order valence-electron chi connectivity index (χ0n) is 13.5. The third kappa shape index (κ3) is 4.38. The van der Waals surface area contributed by atoms with Gasteiger partial charge in [-0.25, -0.2) is 9.97 Å². The van der Waals surface area contributed by atoms with Gasteiger partial charge in [-0.2, -0.15) is 0 Å². The number of anilines is 2. The molecule has 24 heavy (non-hydrogen) atoms. The van der Waals surface area contributed by atoms with Crippen LogP contribution in [0.3, 0.4) is 0 Å². The van der Waals surface area contributed by atoms with Crippen molar-refractivity contribution in [2.45, 2.75) is 31.0 Å². The first-order valence-corrected chi connectivity index (χ1v) is 8.88. The van der Waals surface area contributed by atoms with E-state index in [1.54, 1.807) is 0 Å². The van der Waals surface area contributed by atoms with Crippen LogP contribution in [0.2, 0.25) is 0 Å². The van der Waals surface area contributed by atoms with E-state index in [0.29, 0.717) is 22.7 Å². The van der Waals surface area contributed by atoms with Crippen LogP contribution in [0.1, 0.15) is 30.0 Å². The number of hydrogen-bond acceptors (Lipinski definition) is 6. The summed E-state index contributed by atoms with van der Waals surface area (Å²) in [6, 6.07) is 9.90. The first-order valence-electron chi connectivity index (χ1n) is 7.90. The molecule has 1 amide bonds. The highest BCUT2D eigenvalue weighted by Gasteiger charge is 2.33. The van der Waals surface area contributed by atoms with Gasteiger partial charge in [0.05, 0.1) is 11.8 Å². The summed E-state index contributed by atoms with van der Waals surface area (Å²) in [4.78, 5) is 20.5. The van der Waals surface area contributed by atoms with E-state index in [4.69, 9.17) is 11.5 Å². The average Bonchev–Trinajstić information content (AvgIpc) is 3.35. The largest absolute Gasteiger partial charge is 0.383 e. The molecule has 3 rings (SSSR count). The number of aromatic nitrogens is 2. The van der Waals surface area contributed by atoms with Crippen LogP contribution in [-0.4, -0.2) is 21.6 Å². The monoisotopic (exact) mass is 343 g/mol. The van der Waals surface area contributed by atoms with Gasteiger partial charge < -0.3 is 16.8 Å². The van der Waals surface area contributed by atoms with Crippen molar-refractivity contribution >= 4 is 29.3 Å². The fourth-order valence-corrected chi connectivity index (χ4v) is 3.23. The van der Waals surface area contributed by atoms with Crippen molar-refractivity contribution in [2.75, 3.05) is 17.2 Å². The molecule has 126 valence electrons. The number of nitrogens with zero attached hydrogens (tertiary/aromatic N) is 2. The average molecular weight is 343 g/mol. The van der Waals surface area contributed by atoms with E-state index in [-0.39, 0.29) is 17.7 Å². The minimum Gasteiger partial charge on any atom is -0.383 e. The number of amides is 1. The molecule has 0 bridgehead atoms. The van der Waals surface area contributed by atoms with Gasteiger partial charge in [0, 0.05) is 6.07 Å². The lowest BCUT2D eigenvalue weighted by atomic mass is 10.0. The minimum absolute atomic E-state index is 0.0397. The molecule has 6 nitrogen and oxygen atoms in total. The maximum absolute atomic E-state index is 12.3. The standard InChI is InChI=1S/C17H21N5OS/c1-10-2-4-11(5-3-10)16(12-6-7-12)22-15(23)9-24-17-20-13(18)8-14(19)21-17/h2-5,8,12,16H,6-7,9H2,1H3,(H,22,23)(H4,18,19,20,21)/t16-/m1/s1. The van der Waals surface area contributed by atoms with Crippen molar-refractivity contribution in [3.8, 4) is 0 Å². The Bertz CT molecular complexity index is 710. The number of nitrogen functional groups attached to an aromatic ring is 2. The molecule has 7 heteroatoms. The fraction of sp³-hybridized carbons (Fsp3) is 0.353. The summed E-state index contributed by atoms with van der Waals surface area (Å²) < 4.78 is 0. The fourth-order valence-electron chi connectivity index (χ4n) is 2.55. The molecule has 2 aromatic rings. The Kier molecular flexibility index (Phi) is 4.89. The van der Waals surface area contributed by atoms with E-state index in [1.807, 2.05) is 0 Å². The summed E-state index contributed by atoms with van der Waals surface area (Å²) in [5.41, 5.74) is 13.6. The van der Waals surface area contributed by atoms with Crippen molar-refractivity contribution in [3.63, 3.8) is 0 Å². The molecule has 5 N–H and O–H groups in total. The predicted octanol–water partition coefficient (Wildman–Crippen LogP) is 2.31. The summed E-state index contributed by atoms with van der Waals surface area (Å²) in [6.45, 7) is 2.06. The molecule has 1 aromatic carbocycles. The van der Waals surface area contributed by atoms with E-state index in [9.17, 15) is 4.79 Å². The van der Waals surface area contributed by atoms with Crippen LogP contribution in [0.25, 0.3) is 0 Å². The Hall–Kier alpha value is -2.28. The van der Waals surface area contributed by atoms with E-state index in [0.717, 1.165) is 18.4 Å². The lowest BCUT2D eigenvalue weighted by molar-refractivity contribution is -0.119. The van der Waals surface area contributed by atoms with Gasteiger partial charge in [-0.1, -0.05) is 41.6 Å². The highest BCUT2D eigenvalue weighted by molar-refractivity contribution is 7.99.